The van der Waals surface area contributed by atoms with Gasteiger partial charge in [-0.25, -0.2) is 8.78 Å². The van der Waals surface area contributed by atoms with Crippen LogP contribution in [0.3, 0.4) is 0 Å². The molecule has 0 N–H and O–H groups in total. The van der Waals surface area contributed by atoms with Crippen molar-refractivity contribution in [1.29, 1.82) is 0 Å². The van der Waals surface area contributed by atoms with Crippen molar-refractivity contribution in [2.45, 2.75) is 89.0 Å². The Bertz CT molecular complexity index is 528. The lowest BCUT2D eigenvalue weighted by Gasteiger charge is -2.52. The maximum atomic E-state index is 13.4. The van der Waals surface area contributed by atoms with Crippen LogP contribution in [0.15, 0.2) is 0 Å². The standard InChI is InChI=1S/C17H25F2N3/c18-14(19)16-6-9-17(10-7-16,11-8-16)15-21-20-13-5-3-1-2-4-12-22(13)15/h14H,1-12H2. The van der Waals surface area contributed by atoms with Crippen molar-refractivity contribution in [2.24, 2.45) is 5.41 Å². The minimum absolute atomic E-state index is 0.0289. The minimum atomic E-state index is -2.16. The highest BCUT2D eigenvalue weighted by molar-refractivity contribution is 5.18. The van der Waals surface area contributed by atoms with Gasteiger partial charge in [0.2, 0.25) is 6.43 Å². The SMILES string of the molecule is FC(F)C12CCC(c3nnc4n3CCCCCC4)(CC1)CC2. The quantitative estimate of drug-likeness (QED) is 0.817. The summed E-state index contributed by atoms with van der Waals surface area (Å²) in [4.78, 5) is 0. The van der Waals surface area contributed by atoms with E-state index in [1.807, 2.05) is 0 Å². The average molecular weight is 309 g/mol. The van der Waals surface area contributed by atoms with Gasteiger partial charge in [0.1, 0.15) is 11.6 Å². The van der Waals surface area contributed by atoms with Crippen molar-refractivity contribution in [3.8, 4) is 0 Å². The Balaban J connectivity index is 1.63. The highest BCUT2D eigenvalue weighted by Crippen LogP contribution is 2.59. The zero-order valence-corrected chi connectivity index (χ0v) is 13.2. The van der Waals surface area contributed by atoms with Gasteiger partial charge in [-0.15, -0.1) is 10.2 Å². The van der Waals surface area contributed by atoms with Gasteiger partial charge in [0.15, 0.2) is 0 Å². The summed E-state index contributed by atoms with van der Waals surface area (Å²) in [7, 11) is 0. The Kier molecular flexibility index (Phi) is 3.50. The third kappa shape index (κ3) is 2.11. The largest absolute Gasteiger partial charge is 0.315 e. The van der Waals surface area contributed by atoms with Gasteiger partial charge in [0.25, 0.3) is 0 Å². The Labute approximate surface area is 130 Å². The topological polar surface area (TPSA) is 30.7 Å². The molecule has 2 bridgehead atoms. The van der Waals surface area contributed by atoms with E-state index in [2.05, 4.69) is 14.8 Å². The summed E-state index contributed by atoms with van der Waals surface area (Å²) in [5, 5.41) is 9.03. The molecule has 3 saturated carbocycles. The van der Waals surface area contributed by atoms with E-state index in [0.717, 1.165) is 43.9 Å². The molecule has 3 nitrogen and oxygen atoms in total. The molecule has 22 heavy (non-hydrogen) atoms. The number of halogens is 2. The van der Waals surface area contributed by atoms with E-state index >= 15 is 0 Å². The molecule has 1 aromatic heterocycles. The van der Waals surface area contributed by atoms with Gasteiger partial charge < -0.3 is 4.57 Å². The normalized spacial score (nSPS) is 35.2. The van der Waals surface area contributed by atoms with E-state index in [1.165, 1.54) is 25.7 Å². The molecule has 0 spiro atoms. The van der Waals surface area contributed by atoms with Crippen LogP contribution >= 0.6 is 0 Å². The molecule has 5 rings (SSSR count). The van der Waals surface area contributed by atoms with Crippen LogP contribution in [0.2, 0.25) is 0 Å². The second-order valence-corrected chi connectivity index (χ2v) is 7.70. The molecule has 0 unspecified atom stereocenters. The monoisotopic (exact) mass is 309 g/mol. The first kappa shape index (κ1) is 14.6. The Hall–Kier alpha value is -1.00. The Morgan fingerprint density at radius 2 is 1.55 bits per heavy atom. The van der Waals surface area contributed by atoms with Gasteiger partial charge in [-0.05, 0) is 51.4 Å². The molecule has 0 radical (unpaired) electrons. The van der Waals surface area contributed by atoms with Crippen LogP contribution < -0.4 is 0 Å². The third-order valence-corrected chi connectivity index (χ3v) is 6.60. The summed E-state index contributed by atoms with van der Waals surface area (Å²) in [5.41, 5.74) is -0.665. The van der Waals surface area contributed by atoms with Gasteiger partial charge >= 0.3 is 0 Å². The molecule has 0 saturated heterocycles. The molecule has 0 aromatic carbocycles. The fourth-order valence-corrected chi connectivity index (χ4v) is 4.93. The smallest absolute Gasteiger partial charge is 0.244 e. The van der Waals surface area contributed by atoms with Crippen LogP contribution in [0, 0.1) is 5.41 Å². The van der Waals surface area contributed by atoms with E-state index in [0.29, 0.717) is 19.3 Å². The predicted molar refractivity (Wildman–Crippen MR) is 80.0 cm³/mol. The molecule has 122 valence electrons. The number of rotatable bonds is 2. The highest BCUT2D eigenvalue weighted by atomic mass is 19.3. The van der Waals surface area contributed by atoms with Crippen LogP contribution in [0.5, 0.6) is 0 Å². The molecule has 0 atom stereocenters. The Morgan fingerprint density at radius 1 is 0.864 bits per heavy atom. The van der Waals surface area contributed by atoms with Crippen molar-refractivity contribution in [3.05, 3.63) is 11.6 Å². The van der Waals surface area contributed by atoms with Crippen LogP contribution in [0.1, 0.15) is 75.9 Å². The number of hydrogen-bond acceptors (Lipinski definition) is 2. The van der Waals surface area contributed by atoms with Gasteiger partial charge in [0, 0.05) is 23.8 Å². The third-order valence-electron chi connectivity index (χ3n) is 6.60. The molecule has 5 heteroatoms. The van der Waals surface area contributed by atoms with Crippen molar-refractivity contribution in [1.82, 2.24) is 14.8 Å². The summed E-state index contributed by atoms with van der Waals surface area (Å²) in [6, 6.07) is 0. The van der Waals surface area contributed by atoms with Gasteiger partial charge in [0.05, 0.1) is 0 Å². The summed E-state index contributed by atoms with van der Waals surface area (Å²) in [5.74, 6) is 2.24. The molecule has 1 aromatic rings. The molecular weight excluding hydrogens is 284 g/mol. The summed E-state index contributed by atoms with van der Waals surface area (Å²) >= 11 is 0. The van der Waals surface area contributed by atoms with Gasteiger partial charge in [-0.3, -0.25) is 0 Å². The highest BCUT2D eigenvalue weighted by Gasteiger charge is 2.55. The lowest BCUT2D eigenvalue weighted by molar-refractivity contribution is -0.0866. The minimum Gasteiger partial charge on any atom is -0.315 e. The van der Waals surface area contributed by atoms with Crippen LogP contribution in [0.4, 0.5) is 8.78 Å². The van der Waals surface area contributed by atoms with E-state index in [9.17, 15) is 8.78 Å². The number of nitrogens with zero attached hydrogens (tertiary/aromatic N) is 3. The first-order valence-corrected chi connectivity index (χ1v) is 8.86. The van der Waals surface area contributed by atoms with Crippen molar-refractivity contribution in [3.63, 3.8) is 0 Å². The van der Waals surface area contributed by atoms with Crippen molar-refractivity contribution in [2.75, 3.05) is 0 Å². The van der Waals surface area contributed by atoms with E-state index < -0.39 is 11.8 Å². The van der Waals surface area contributed by atoms with Crippen LogP contribution in [0.25, 0.3) is 0 Å². The van der Waals surface area contributed by atoms with Crippen molar-refractivity contribution >= 4 is 0 Å². The molecule has 3 fully saturated rings. The van der Waals surface area contributed by atoms with E-state index in [1.54, 1.807) is 0 Å². The van der Waals surface area contributed by atoms with Crippen LogP contribution in [-0.4, -0.2) is 21.2 Å². The fraction of sp³-hybridized carbons (Fsp3) is 0.882. The van der Waals surface area contributed by atoms with Gasteiger partial charge in [-0.1, -0.05) is 12.8 Å². The van der Waals surface area contributed by atoms with E-state index in [-0.39, 0.29) is 5.41 Å². The zero-order chi connectivity index (χ0) is 15.2. The lowest BCUT2D eigenvalue weighted by Crippen LogP contribution is -2.48. The zero-order valence-electron chi connectivity index (χ0n) is 13.2. The second kappa shape index (κ2) is 5.27. The Morgan fingerprint density at radius 3 is 2.23 bits per heavy atom. The number of aryl methyl sites for hydroxylation is 1. The average Bonchev–Trinajstić information content (AvgIpc) is 2.91. The number of hydrogen-bond donors (Lipinski definition) is 0. The van der Waals surface area contributed by atoms with Gasteiger partial charge in [-0.2, -0.15) is 0 Å². The molecule has 0 amide bonds. The molecule has 3 aliphatic carbocycles. The second-order valence-electron chi connectivity index (χ2n) is 7.70. The summed E-state index contributed by atoms with van der Waals surface area (Å²) < 4.78 is 29.2. The molecular formula is C17H25F2N3. The lowest BCUT2D eigenvalue weighted by atomic mass is 9.53. The molecule has 4 aliphatic rings. The van der Waals surface area contributed by atoms with Crippen LogP contribution in [-0.2, 0) is 18.4 Å². The first-order chi connectivity index (χ1) is 10.7. The summed E-state index contributed by atoms with van der Waals surface area (Å²) in [6.07, 6.45) is 8.39. The summed E-state index contributed by atoms with van der Waals surface area (Å²) in [6.45, 7) is 1.01. The number of alkyl halides is 2. The molecule has 1 aliphatic heterocycles. The van der Waals surface area contributed by atoms with E-state index in [4.69, 9.17) is 0 Å². The predicted octanol–water partition coefficient (Wildman–Crippen LogP) is 4.25. The fourth-order valence-electron chi connectivity index (χ4n) is 4.93. The first-order valence-electron chi connectivity index (χ1n) is 8.86. The number of aromatic nitrogens is 3. The maximum absolute atomic E-state index is 13.4. The molecule has 2 heterocycles. The maximum Gasteiger partial charge on any atom is 0.244 e. The number of fused-ring (bicyclic) bond motifs is 4. The van der Waals surface area contributed by atoms with Crippen molar-refractivity contribution < 1.29 is 8.78 Å².